The lowest BCUT2D eigenvalue weighted by Gasteiger charge is -1.97. The number of pyridine rings is 1. The maximum Gasteiger partial charge on any atom is 0.183 e. The molecule has 0 amide bonds. The average molecular weight is 257 g/mol. The molecular formula is C7H5BrN4S. The molecule has 0 spiro atoms. The monoisotopic (exact) mass is 256 g/mol. The second kappa shape index (κ2) is 3.39. The van der Waals surface area contributed by atoms with Crippen LogP contribution >= 0.6 is 27.3 Å². The Morgan fingerprint density at radius 3 is 2.85 bits per heavy atom. The summed E-state index contributed by atoms with van der Waals surface area (Å²) in [6, 6.07) is 3.69. The van der Waals surface area contributed by atoms with Gasteiger partial charge in [-0.15, -0.1) is 10.2 Å². The number of anilines is 1. The third-order valence-corrected chi connectivity index (χ3v) is 2.86. The molecule has 0 aromatic carbocycles. The molecule has 2 aromatic heterocycles. The average Bonchev–Trinajstić information content (AvgIpc) is 2.53. The Morgan fingerprint density at radius 1 is 1.38 bits per heavy atom. The topological polar surface area (TPSA) is 64.7 Å². The number of rotatable bonds is 1. The zero-order valence-corrected chi connectivity index (χ0v) is 8.84. The Kier molecular flexibility index (Phi) is 2.24. The summed E-state index contributed by atoms with van der Waals surface area (Å²) in [6.45, 7) is 0. The Hall–Kier alpha value is -1.01. The van der Waals surface area contributed by atoms with Crippen LogP contribution in [-0.4, -0.2) is 15.2 Å². The maximum absolute atomic E-state index is 5.67. The molecule has 0 aliphatic heterocycles. The van der Waals surface area contributed by atoms with Gasteiger partial charge in [-0.2, -0.15) is 0 Å². The zero-order valence-electron chi connectivity index (χ0n) is 6.44. The van der Waals surface area contributed by atoms with E-state index in [0.29, 0.717) is 5.82 Å². The van der Waals surface area contributed by atoms with Crippen molar-refractivity contribution in [2.45, 2.75) is 0 Å². The van der Waals surface area contributed by atoms with E-state index in [1.807, 2.05) is 12.1 Å². The van der Waals surface area contributed by atoms with Crippen molar-refractivity contribution in [1.29, 1.82) is 0 Å². The molecule has 4 nitrogen and oxygen atoms in total. The van der Waals surface area contributed by atoms with E-state index in [1.54, 1.807) is 6.20 Å². The predicted octanol–water partition coefficient (Wildman–Crippen LogP) is 1.94. The SMILES string of the molecule is Nc1ncccc1-c1nnc(Br)s1. The zero-order chi connectivity index (χ0) is 9.26. The second-order valence-electron chi connectivity index (χ2n) is 2.30. The highest BCUT2D eigenvalue weighted by molar-refractivity contribution is 9.11. The van der Waals surface area contributed by atoms with E-state index in [2.05, 4.69) is 31.1 Å². The van der Waals surface area contributed by atoms with Crippen LogP contribution in [0.1, 0.15) is 0 Å². The van der Waals surface area contributed by atoms with Crippen molar-refractivity contribution in [3.05, 3.63) is 22.2 Å². The number of hydrogen-bond donors (Lipinski definition) is 1. The third-order valence-electron chi connectivity index (χ3n) is 1.47. The quantitative estimate of drug-likeness (QED) is 0.847. The Bertz CT molecular complexity index is 428. The molecule has 0 saturated carbocycles. The van der Waals surface area contributed by atoms with E-state index in [1.165, 1.54) is 11.3 Å². The summed E-state index contributed by atoms with van der Waals surface area (Å²) in [7, 11) is 0. The predicted molar refractivity (Wildman–Crippen MR) is 55.3 cm³/mol. The van der Waals surface area contributed by atoms with Crippen molar-refractivity contribution >= 4 is 33.1 Å². The molecule has 2 aromatic rings. The maximum atomic E-state index is 5.67. The molecule has 6 heteroatoms. The van der Waals surface area contributed by atoms with Crippen LogP contribution in [0.2, 0.25) is 0 Å². The standard InChI is InChI=1S/C7H5BrN4S/c8-7-12-11-6(13-7)4-2-1-3-10-5(4)9/h1-3H,(H2,9,10). The number of nitrogen functional groups attached to an aromatic ring is 1. The lowest BCUT2D eigenvalue weighted by Crippen LogP contribution is -1.92. The smallest absolute Gasteiger partial charge is 0.183 e. The highest BCUT2D eigenvalue weighted by Gasteiger charge is 2.07. The second-order valence-corrected chi connectivity index (χ2v) is 4.55. The van der Waals surface area contributed by atoms with Gasteiger partial charge in [-0.05, 0) is 28.1 Å². The van der Waals surface area contributed by atoms with Gasteiger partial charge in [-0.3, -0.25) is 0 Å². The first kappa shape index (κ1) is 8.58. The molecule has 66 valence electrons. The normalized spacial score (nSPS) is 10.2. The van der Waals surface area contributed by atoms with Gasteiger partial charge in [0, 0.05) is 6.20 Å². The van der Waals surface area contributed by atoms with Crippen LogP contribution in [0.25, 0.3) is 10.6 Å². The molecule has 0 bridgehead atoms. The van der Waals surface area contributed by atoms with Gasteiger partial charge < -0.3 is 5.73 Å². The van der Waals surface area contributed by atoms with Crippen molar-refractivity contribution in [2.75, 3.05) is 5.73 Å². The van der Waals surface area contributed by atoms with E-state index in [-0.39, 0.29) is 0 Å². The molecule has 2 N–H and O–H groups in total. The fourth-order valence-corrected chi connectivity index (χ4v) is 2.06. The summed E-state index contributed by atoms with van der Waals surface area (Å²) in [6.07, 6.45) is 1.65. The first-order valence-electron chi connectivity index (χ1n) is 3.47. The minimum absolute atomic E-state index is 0.478. The lowest BCUT2D eigenvalue weighted by molar-refractivity contribution is 1.07. The van der Waals surface area contributed by atoms with Crippen LogP contribution in [0.3, 0.4) is 0 Å². The fraction of sp³-hybridized carbons (Fsp3) is 0. The Balaban J connectivity index is 2.52. The van der Waals surface area contributed by atoms with Gasteiger partial charge in [0.1, 0.15) is 5.82 Å². The molecule has 0 aliphatic carbocycles. The van der Waals surface area contributed by atoms with Crippen LogP contribution in [-0.2, 0) is 0 Å². The largest absolute Gasteiger partial charge is 0.383 e. The van der Waals surface area contributed by atoms with Crippen LogP contribution in [0.5, 0.6) is 0 Å². The van der Waals surface area contributed by atoms with Gasteiger partial charge in [-0.1, -0.05) is 11.3 Å². The first-order valence-corrected chi connectivity index (χ1v) is 5.08. The number of nitrogens with two attached hydrogens (primary N) is 1. The third kappa shape index (κ3) is 1.68. The lowest BCUT2D eigenvalue weighted by atomic mass is 10.3. The van der Waals surface area contributed by atoms with Gasteiger partial charge in [0.15, 0.2) is 8.92 Å². The van der Waals surface area contributed by atoms with E-state index in [0.717, 1.165) is 14.5 Å². The van der Waals surface area contributed by atoms with E-state index < -0.39 is 0 Å². The summed E-state index contributed by atoms with van der Waals surface area (Å²) in [5.41, 5.74) is 6.50. The van der Waals surface area contributed by atoms with Crippen LogP contribution < -0.4 is 5.73 Å². The Labute approximate surface area is 87.0 Å². The molecule has 0 fully saturated rings. The molecular weight excluding hydrogens is 252 g/mol. The van der Waals surface area contributed by atoms with Crippen molar-refractivity contribution < 1.29 is 0 Å². The van der Waals surface area contributed by atoms with Gasteiger partial charge in [0.25, 0.3) is 0 Å². The van der Waals surface area contributed by atoms with Crippen molar-refractivity contribution in [1.82, 2.24) is 15.2 Å². The molecule has 0 unspecified atom stereocenters. The minimum atomic E-state index is 0.478. The van der Waals surface area contributed by atoms with Gasteiger partial charge in [-0.25, -0.2) is 4.98 Å². The highest BCUT2D eigenvalue weighted by Crippen LogP contribution is 2.28. The molecule has 0 saturated heterocycles. The molecule has 2 heterocycles. The molecule has 0 atom stereocenters. The number of nitrogens with zero attached hydrogens (tertiary/aromatic N) is 3. The van der Waals surface area contributed by atoms with Crippen molar-refractivity contribution in [2.24, 2.45) is 0 Å². The van der Waals surface area contributed by atoms with Gasteiger partial charge >= 0.3 is 0 Å². The van der Waals surface area contributed by atoms with Crippen LogP contribution in [0.4, 0.5) is 5.82 Å². The summed E-state index contributed by atoms with van der Waals surface area (Å²) < 4.78 is 0.741. The molecule has 0 aliphatic rings. The summed E-state index contributed by atoms with van der Waals surface area (Å²) in [5, 5.41) is 8.56. The number of halogens is 1. The van der Waals surface area contributed by atoms with Crippen molar-refractivity contribution in [3.63, 3.8) is 0 Å². The minimum Gasteiger partial charge on any atom is -0.383 e. The van der Waals surface area contributed by atoms with E-state index in [9.17, 15) is 0 Å². The summed E-state index contributed by atoms with van der Waals surface area (Å²) in [4.78, 5) is 3.97. The number of hydrogen-bond acceptors (Lipinski definition) is 5. The fourth-order valence-electron chi connectivity index (χ4n) is 0.913. The Morgan fingerprint density at radius 2 is 2.23 bits per heavy atom. The summed E-state index contributed by atoms with van der Waals surface area (Å²) in [5.74, 6) is 0.478. The van der Waals surface area contributed by atoms with Gasteiger partial charge in [0.2, 0.25) is 0 Å². The van der Waals surface area contributed by atoms with Crippen LogP contribution in [0, 0.1) is 0 Å². The highest BCUT2D eigenvalue weighted by atomic mass is 79.9. The first-order chi connectivity index (χ1) is 6.27. The summed E-state index contributed by atoms with van der Waals surface area (Å²) >= 11 is 4.67. The van der Waals surface area contributed by atoms with E-state index >= 15 is 0 Å². The molecule has 0 radical (unpaired) electrons. The number of aromatic nitrogens is 3. The van der Waals surface area contributed by atoms with Gasteiger partial charge in [0.05, 0.1) is 5.56 Å². The van der Waals surface area contributed by atoms with E-state index in [4.69, 9.17) is 5.73 Å². The molecule has 13 heavy (non-hydrogen) atoms. The van der Waals surface area contributed by atoms with Crippen molar-refractivity contribution in [3.8, 4) is 10.6 Å². The molecule has 2 rings (SSSR count). The van der Waals surface area contributed by atoms with Crippen LogP contribution in [0.15, 0.2) is 22.2 Å².